The van der Waals surface area contributed by atoms with E-state index in [2.05, 4.69) is 5.32 Å². The van der Waals surface area contributed by atoms with Crippen molar-refractivity contribution in [1.29, 1.82) is 0 Å². The van der Waals surface area contributed by atoms with Crippen molar-refractivity contribution in [3.05, 3.63) is 24.0 Å². The number of hydrogen-bond donors (Lipinski definition) is 1. The molecule has 152 valence electrons. The summed E-state index contributed by atoms with van der Waals surface area (Å²) in [5.74, 6) is -0.288. The van der Waals surface area contributed by atoms with E-state index in [0.29, 0.717) is 44.2 Å². The Bertz CT molecular complexity index is 724. The van der Waals surface area contributed by atoms with Crippen LogP contribution in [0.2, 0.25) is 0 Å². The van der Waals surface area contributed by atoms with E-state index < -0.39 is 0 Å². The summed E-state index contributed by atoms with van der Waals surface area (Å²) in [5.41, 5.74) is 1.04. The number of piperazine rings is 1. The van der Waals surface area contributed by atoms with Crippen LogP contribution in [-0.2, 0) is 9.53 Å². The summed E-state index contributed by atoms with van der Waals surface area (Å²) in [6.45, 7) is 4.29. The molecule has 0 aliphatic carbocycles. The lowest BCUT2D eigenvalue weighted by Gasteiger charge is -2.35. The molecule has 1 atom stereocenters. The van der Waals surface area contributed by atoms with E-state index in [1.165, 1.54) is 6.07 Å². The van der Waals surface area contributed by atoms with Crippen LogP contribution in [0, 0.1) is 5.82 Å². The summed E-state index contributed by atoms with van der Waals surface area (Å²) < 4.78 is 19.9. The van der Waals surface area contributed by atoms with E-state index in [-0.39, 0.29) is 23.9 Å². The lowest BCUT2D eigenvalue weighted by atomic mass is 10.2. The van der Waals surface area contributed by atoms with Gasteiger partial charge >= 0.3 is 6.03 Å². The predicted octanol–water partition coefficient (Wildman–Crippen LogP) is 2.28. The SMILES string of the molecule is O=C(Nc1ccc(N2CCCC2)c(F)c1)N1CCN(C(=O)C2CCCO2)CC1. The third-order valence-corrected chi connectivity index (χ3v) is 5.73. The van der Waals surface area contributed by atoms with Crippen molar-refractivity contribution < 1.29 is 18.7 Å². The summed E-state index contributed by atoms with van der Waals surface area (Å²) in [6, 6.07) is 4.58. The molecule has 4 rings (SSSR count). The Hall–Kier alpha value is -2.35. The minimum atomic E-state index is -0.322. The molecule has 28 heavy (non-hydrogen) atoms. The molecule has 0 saturated carbocycles. The molecule has 1 N–H and O–H groups in total. The van der Waals surface area contributed by atoms with E-state index >= 15 is 0 Å². The molecule has 1 unspecified atom stereocenters. The Morgan fingerprint density at radius 3 is 2.36 bits per heavy atom. The number of rotatable bonds is 3. The smallest absolute Gasteiger partial charge is 0.321 e. The van der Waals surface area contributed by atoms with Gasteiger partial charge in [-0.3, -0.25) is 4.79 Å². The lowest BCUT2D eigenvalue weighted by Crippen LogP contribution is -2.53. The number of carbonyl (C=O) groups excluding carboxylic acids is 2. The summed E-state index contributed by atoms with van der Waals surface area (Å²) in [4.78, 5) is 30.3. The van der Waals surface area contributed by atoms with Crippen molar-refractivity contribution in [1.82, 2.24) is 9.80 Å². The van der Waals surface area contributed by atoms with Crippen LogP contribution in [0.3, 0.4) is 0 Å². The average Bonchev–Trinajstić information content (AvgIpc) is 3.42. The number of benzene rings is 1. The minimum absolute atomic E-state index is 0.0251. The Labute approximate surface area is 164 Å². The Morgan fingerprint density at radius 1 is 1.00 bits per heavy atom. The average molecular weight is 390 g/mol. The second-order valence-corrected chi connectivity index (χ2v) is 7.60. The minimum Gasteiger partial charge on any atom is -0.369 e. The summed E-state index contributed by atoms with van der Waals surface area (Å²) >= 11 is 0. The lowest BCUT2D eigenvalue weighted by molar-refractivity contribution is -0.142. The molecule has 3 aliphatic heterocycles. The zero-order valence-electron chi connectivity index (χ0n) is 16.0. The fourth-order valence-electron chi connectivity index (χ4n) is 4.11. The van der Waals surface area contributed by atoms with E-state index in [4.69, 9.17) is 4.74 Å². The zero-order valence-corrected chi connectivity index (χ0v) is 16.0. The molecule has 3 saturated heterocycles. The number of anilines is 2. The number of ether oxygens (including phenoxy) is 1. The highest BCUT2D eigenvalue weighted by molar-refractivity contribution is 5.90. The molecular formula is C20H27FN4O3. The van der Waals surface area contributed by atoms with Crippen LogP contribution < -0.4 is 10.2 Å². The van der Waals surface area contributed by atoms with E-state index in [0.717, 1.165) is 38.8 Å². The Morgan fingerprint density at radius 2 is 1.71 bits per heavy atom. The zero-order chi connectivity index (χ0) is 19.5. The molecule has 0 spiro atoms. The maximum Gasteiger partial charge on any atom is 0.321 e. The van der Waals surface area contributed by atoms with Crippen LogP contribution in [0.1, 0.15) is 25.7 Å². The van der Waals surface area contributed by atoms with Gasteiger partial charge in [-0.25, -0.2) is 9.18 Å². The molecule has 3 amide bonds. The molecular weight excluding hydrogens is 363 g/mol. The van der Waals surface area contributed by atoms with Crippen molar-refractivity contribution in [3.63, 3.8) is 0 Å². The number of nitrogens with zero attached hydrogens (tertiary/aromatic N) is 3. The van der Waals surface area contributed by atoms with Crippen molar-refractivity contribution >= 4 is 23.3 Å². The van der Waals surface area contributed by atoms with Gasteiger partial charge in [0.05, 0.1) is 5.69 Å². The summed E-state index contributed by atoms with van der Waals surface area (Å²) in [5, 5.41) is 2.77. The van der Waals surface area contributed by atoms with Crippen molar-refractivity contribution in [2.24, 2.45) is 0 Å². The van der Waals surface area contributed by atoms with E-state index in [1.807, 2.05) is 4.90 Å². The van der Waals surface area contributed by atoms with E-state index in [9.17, 15) is 14.0 Å². The number of amides is 3. The first-order valence-electron chi connectivity index (χ1n) is 10.1. The fraction of sp³-hybridized carbons (Fsp3) is 0.600. The second kappa shape index (κ2) is 8.34. The number of urea groups is 1. The molecule has 3 heterocycles. The molecule has 0 aromatic heterocycles. The highest BCUT2D eigenvalue weighted by Gasteiger charge is 2.31. The predicted molar refractivity (Wildman–Crippen MR) is 104 cm³/mol. The fourth-order valence-corrected chi connectivity index (χ4v) is 4.11. The largest absolute Gasteiger partial charge is 0.369 e. The topological polar surface area (TPSA) is 65.1 Å². The highest BCUT2D eigenvalue weighted by Crippen LogP contribution is 2.26. The number of nitrogens with one attached hydrogen (secondary N) is 1. The van der Waals surface area contributed by atoms with E-state index in [1.54, 1.807) is 21.9 Å². The summed E-state index contributed by atoms with van der Waals surface area (Å²) in [6.07, 6.45) is 3.54. The highest BCUT2D eigenvalue weighted by atomic mass is 19.1. The second-order valence-electron chi connectivity index (χ2n) is 7.60. The van der Waals surface area contributed by atoms with Gasteiger partial charge in [0.25, 0.3) is 5.91 Å². The van der Waals surface area contributed by atoms with Gasteiger partial charge < -0.3 is 24.8 Å². The monoisotopic (exact) mass is 390 g/mol. The maximum atomic E-state index is 14.4. The summed E-state index contributed by atoms with van der Waals surface area (Å²) in [7, 11) is 0. The van der Waals surface area contributed by atoms with Crippen molar-refractivity contribution in [3.8, 4) is 0 Å². The van der Waals surface area contributed by atoms with Crippen molar-refractivity contribution in [2.45, 2.75) is 31.8 Å². The van der Waals surface area contributed by atoms with Crippen LogP contribution in [0.4, 0.5) is 20.6 Å². The molecule has 3 fully saturated rings. The van der Waals surface area contributed by atoms with Crippen LogP contribution in [0.25, 0.3) is 0 Å². The molecule has 1 aromatic carbocycles. The first-order chi connectivity index (χ1) is 13.6. The van der Waals surface area contributed by atoms with Gasteiger partial charge in [0.15, 0.2) is 0 Å². The van der Waals surface area contributed by atoms with Crippen LogP contribution in [0.5, 0.6) is 0 Å². The maximum absolute atomic E-state index is 14.4. The molecule has 8 heteroatoms. The van der Waals surface area contributed by atoms with Crippen LogP contribution in [-0.4, -0.2) is 73.7 Å². The van der Waals surface area contributed by atoms with Gasteiger partial charge in [-0.15, -0.1) is 0 Å². The van der Waals surface area contributed by atoms with Crippen LogP contribution >= 0.6 is 0 Å². The molecule has 1 aromatic rings. The Balaban J connectivity index is 1.29. The van der Waals surface area contributed by atoms with Gasteiger partial charge in [0.1, 0.15) is 11.9 Å². The molecule has 3 aliphatic rings. The number of halogens is 1. The molecule has 7 nitrogen and oxygen atoms in total. The normalized spacial score (nSPS) is 22.6. The van der Waals surface area contributed by atoms with Gasteiger partial charge in [-0.2, -0.15) is 0 Å². The van der Waals surface area contributed by atoms with Gasteiger partial charge in [-0.05, 0) is 43.9 Å². The number of hydrogen-bond acceptors (Lipinski definition) is 4. The first-order valence-corrected chi connectivity index (χ1v) is 10.1. The van der Waals surface area contributed by atoms with Gasteiger partial charge in [0, 0.05) is 51.6 Å². The van der Waals surface area contributed by atoms with Gasteiger partial charge in [0.2, 0.25) is 0 Å². The molecule has 0 radical (unpaired) electrons. The van der Waals surface area contributed by atoms with Crippen LogP contribution in [0.15, 0.2) is 18.2 Å². The van der Waals surface area contributed by atoms with Gasteiger partial charge in [-0.1, -0.05) is 0 Å². The standard InChI is InChI=1S/C20H27FN4O3/c21-16-14-15(5-6-17(16)23-7-1-2-8-23)22-20(27)25-11-9-24(10-12-25)19(26)18-4-3-13-28-18/h5-6,14,18H,1-4,7-13H2,(H,22,27). The Kier molecular flexibility index (Phi) is 5.66. The molecule has 0 bridgehead atoms. The quantitative estimate of drug-likeness (QED) is 0.860. The number of carbonyl (C=O) groups is 2. The van der Waals surface area contributed by atoms with Crippen molar-refractivity contribution in [2.75, 3.05) is 56.1 Å². The third-order valence-electron chi connectivity index (χ3n) is 5.73. The third kappa shape index (κ3) is 4.06. The first kappa shape index (κ1) is 19.0.